The van der Waals surface area contributed by atoms with Crippen molar-refractivity contribution in [1.29, 1.82) is 5.26 Å². The Kier molecular flexibility index (Phi) is 6.06. The first-order valence-electron chi connectivity index (χ1n) is 8.82. The molecule has 1 fully saturated rings. The third-order valence-corrected chi connectivity index (χ3v) is 6.37. The average molecular weight is 431 g/mol. The molecule has 10 heteroatoms. The summed E-state index contributed by atoms with van der Waals surface area (Å²) in [5.41, 5.74) is -1.54. The molecule has 2 aromatic rings. The molecule has 1 aromatic heterocycles. The van der Waals surface area contributed by atoms with Crippen LogP contribution >= 0.6 is 0 Å². The number of hydrogen-bond acceptors (Lipinski definition) is 7. The van der Waals surface area contributed by atoms with Gasteiger partial charge in [0.05, 0.1) is 18.7 Å². The fourth-order valence-corrected chi connectivity index (χ4v) is 4.43. The minimum atomic E-state index is -4.09. The van der Waals surface area contributed by atoms with E-state index in [-0.39, 0.29) is 22.9 Å². The Hall–Kier alpha value is -3.02. The number of hydrogen-bond donors (Lipinski definition) is 2. The highest BCUT2D eigenvalue weighted by Gasteiger charge is 2.51. The SMILES string of the molecule is CC#Cc1ccc(S(=O)(=O)N2CC(Oc3ccc(C#N)c(F)c3)[C@](O)(CO)C2)nc1. The van der Waals surface area contributed by atoms with Crippen LogP contribution in [0.2, 0.25) is 0 Å². The van der Waals surface area contributed by atoms with E-state index >= 15 is 0 Å². The number of aromatic nitrogens is 1. The van der Waals surface area contributed by atoms with Crippen LogP contribution < -0.4 is 4.74 Å². The number of sulfonamides is 1. The first kappa shape index (κ1) is 21.7. The van der Waals surface area contributed by atoms with Gasteiger partial charge in [-0.15, -0.1) is 5.92 Å². The van der Waals surface area contributed by atoms with Crippen LogP contribution in [0.1, 0.15) is 18.1 Å². The second kappa shape index (κ2) is 8.38. The molecule has 2 atom stereocenters. The van der Waals surface area contributed by atoms with Gasteiger partial charge in [0, 0.05) is 24.4 Å². The van der Waals surface area contributed by atoms with Crippen LogP contribution in [0.5, 0.6) is 5.75 Å². The van der Waals surface area contributed by atoms with Crippen molar-refractivity contribution < 1.29 is 27.8 Å². The van der Waals surface area contributed by atoms with E-state index in [2.05, 4.69) is 16.8 Å². The van der Waals surface area contributed by atoms with Gasteiger partial charge >= 0.3 is 0 Å². The standard InChI is InChI=1S/C20H18FN3O5S/c1-2-3-14-4-7-19(23-10-14)30(27,28)24-11-18(20(26,12-24)13-25)29-16-6-5-15(9-22)17(21)8-16/h4-8,10,18,25-26H,11-13H2,1H3/t18?,20-/m1/s1. The minimum Gasteiger partial charge on any atom is -0.486 e. The molecular formula is C20H18FN3O5S. The number of pyridine rings is 1. The van der Waals surface area contributed by atoms with E-state index in [9.17, 15) is 23.0 Å². The van der Waals surface area contributed by atoms with Crippen molar-refractivity contribution in [2.45, 2.75) is 23.7 Å². The number of rotatable bonds is 5. The van der Waals surface area contributed by atoms with Crippen LogP contribution in [-0.2, 0) is 10.0 Å². The summed E-state index contributed by atoms with van der Waals surface area (Å²) in [5.74, 6) is 4.62. The molecule has 1 saturated heterocycles. The van der Waals surface area contributed by atoms with Gasteiger partial charge in [-0.25, -0.2) is 17.8 Å². The van der Waals surface area contributed by atoms with Crippen LogP contribution in [0.25, 0.3) is 0 Å². The van der Waals surface area contributed by atoms with Gasteiger partial charge in [0.15, 0.2) is 5.03 Å². The van der Waals surface area contributed by atoms with Crippen LogP contribution in [0, 0.1) is 29.0 Å². The lowest BCUT2D eigenvalue weighted by molar-refractivity contribution is -0.0641. The summed E-state index contributed by atoms with van der Waals surface area (Å²) in [6.45, 7) is 0.137. The van der Waals surface area contributed by atoms with Gasteiger partial charge in [-0.2, -0.15) is 9.57 Å². The summed E-state index contributed by atoms with van der Waals surface area (Å²) in [7, 11) is -4.09. The zero-order valence-electron chi connectivity index (χ0n) is 15.9. The third kappa shape index (κ3) is 4.13. The summed E-state index contributed by atoms with van der Waals surface area (Å²) >= 11 is 0. The molecule has 1 aromatic carbocycles. The van der Waals surface area contributed by atoms with E-state index in [0.29, 0.717) is 5.56 Å². The molecule has 3 rings (SSSR count). The molecule has 1 aliphatic heterocycles. The van der Waals surface area contributed by atoms with Crippen molar-refractivity contribution in [2.24, 2.45) is 0 Å². The zero-order chi connectivity index (χ0) is 21.9. The van der Waals surface area contributed by atoms with E-state index in [0.717, 1.165) is 10.4 Å². The third-order valence-electron chi connectivity index (χ3n) is 4.64. The summed E-state index contributed by atoms with van der Waals surface area (Å²) in [4.78, 5) is 3.93. The van der Waals surface area contributed by atoms with Crippen LogP contribution in [0.15, 0.2) is 41.6 Å². The molecule has 8 nitrogen and oxygen atoms in total. The maximum atomic E-state index is 13.8. The highest BCUT2D eigenvalue weighted by atomic mass is 32.2. The maximum absolute atomic E-state index is 13.8. The van der Waals surface area contributed by atoms with Crippen molar-refractivity contribution in [1.82, 2.24) is 9.29 Å². The predicted octanol–water partition coefficient (Wildman–Crippen LogP) is 0.639. The summed E-state index contributed by atoms with van der Waals surface area (Å²) < 4.78 is 46.2. The lowest BCUT2D eigenvalue weighted by atomic mass is 10.0. The van der Waals surface area contributed by atoms with Gasteiger partial charge in [-0.1, -0.05) is 5.92 Å². The van der Waals surface area contributed by atoms with Gasteiger partial charge in [-0.05, 0) is 31.2 Å². The molecule has 0 spiro atoms. The molecule has 1 aliphatic rings. The molecule has 0 bridgehead atoms. The van der Waals surface area contributed by atoms with E-state index in [4.69, 9.17) is 10.00 Å². The number of ether oxygens (including phenoxy) is 1. The number of nitriles is 1. The van der Waals surface area contributed by atoms with Crippen molar-refractivity contribution in [3.05, 3.63) is 53.5 Å². The van der Waals surface area contributed by atoms with Crippen LogP contribution in [0.4, 0.5) is 4.39 Å². The van der Waals surface area contributed by atoms with Gasteiger partial charge in [0.2, 0.25) is 0 Å². The highest BCUT2D eigenvalue weighted by Crippen LogP contribution is 2.30. The molecule has 0 aliphatic carbocycles. The predicted molar refractivity (Wildman–Crippen MR) is 103 cm³/mol. The molecular weight excluding hydrogens is 413 g/mol. The van der Waals surface area contributed by atoms with Crippen molar-refractivity contribution >= 4 is 10.0 Å². The van der Waals surface area contributed by atoms with E-state index in [1.54, 1.807) is 13.0 Å². The summed E-state index contributed by atoms with van der Waals surface area (Å²) in [6, 6.07) is 7.98. The molecule has 2 N–H and O–H groups in total. The summed E-state index contributed by atoms with van der Waals surface area (Å²) in [6.07, 6.45) is 0.153. The van der Waals surface area contributed by atoms with Gasteiger partial charge in [-0.3, -0.25) is 0 Å². The Morgan fingerprint density at radius 3 is 2.73 bits per heavy atom. The Labute approximate surface area is 173 Å². The first-order chi connectivity index (χ1) is 14.2. The fraction of sp³-hybridized carbons (Fsp3) is 0.300. The molecule has 156 valence electrons. The number of halogens is 1. The number of nitrogens with zero attached hydrogens (tertiary/aromatic N) is 3. The minimum absolute atomic E-state index is 0.0109. The van der Waals surface area contributed by atoms with Gasteiger partial charge in [0.25, 0.3) is 10.0 Å². The van der Waals surface area contributed by atoms with Crippen LogP contribution in [-0.4, -0.2) is 59.3 Å². The Morgan fingerprint density at radius 1 is 1.40 bits per heavy atom. The highest BCUT2D eigenvalue weighted by molar-refractivity contribution is 7.89. The monoisotopic (exact) mass is 431 g/mol. The molecule has 0 radical (unpaired) electrons. The number of aliphatic hydroxyl groups is 2. The second-order valence-corrected chi connectivity index (χ2v) is 8.56. The number of β-amino-alcohol motifs (C(OH)–C–C–N with tert-alkyl or cyclic N) is 1. The summed E-state index contributed by atoms with van der Waals surface area (Å²) in [5, 5.41) is 28.9. The Morgan fingerprint density at radius 2 is 2.17 bits per heavy atom. The first-order valence-corrected chi connectivity index (χ1v) is 10.3. The fourth-order valence-electron chi connectivity index (χ4n) is 3.02. The number of benzene rings is 1. The normalized spacial score (nSPS) is 21.5. The van der Waals surface area contributed by atoms with Crippen molar-refractivity contribution in [3.8, 4) is 23.7 Å². The lowest BCUT2D eigenvalue weighted by Gasteiger charge is -2.27. The van der Waals surface area contributed by atoms with E-state index in [1.165, 1.54) is 30.5 Å². The Balaban J connectivity index is 1.85. The quantitative estimate of drug-likeness (QED) is 0.666. The molecule has 0 amide bonds. The lowest BCUT2D eigenvalue weighted by Crippen LogP contribution is -2.48. The van der Waals surface area contributed by atoms with Gasteiger partial charge in [0.1, 0.15) is 29.3 Å². The smallest absolute Gasteiger partial charge is 0.260 e. The van der Waals surface area contributed by atoms with Crippen LogP contribution in [0.3, 0.4) is 0 Å². The van der Waals surface area contributed by atoms with E-state index < -0.39 is 40.7 Å². The largest absolute Gasteiger partial charge is 0.486 e. The second-order valence-electron chi connectivity index (χ2n) is 6.68. The van der Waals surface area contributed by atoms with Crippen molar-refractivity contribution in [3.63, 3.8) is 0 Å². The molecule has 0 saturated carbocycles. The molecule has 2 heterocycles. The zero-order valence-corrected chi connectivity index (χ0v) is 16.7. The van der Waals surface area contributed by atoms with Gasteiger partial charge < -0.3 is 14.9 Å². The number of aliphatic hydroxyl groups excluding tert-OH is 1. The topological polar surface area (TPSA) is 124 Å². The molecule has 1 unspecified atom stereocenters. The average Bonchev–Trinajstić information content (AvgIpc) is 3.06. The maximum Gasteiger partial charge on any atom is 0.260 e. The van der Waals surface area contributed by atoms with E-state index in [1.807, 2.05) is 0 Å². The van der Waals surface area contributed by atoms with Crippen molar-refractivity contribution in [2.75, 3.05) is 19.7 Å². The Bertz CT molecular complexity index is 1150. The molecule has 30 heavy (non-hydrogen) atoms.